The van der Waals surface area contributed by atoms with Gasteiger partial charge in [0.2, 0.25) is 0 Å². The Morgan fingerprint density at radius 2 is 2.40 bits per heavy atom. The SMILES string of the molecule is CCC(NC(=O)c1ccc(Cl)cc1OC)C1CCCN1. The van der Waals surface area contributed by atoms with Crippen LogP contribution in [0, 0.1) is 0 Å². The number of halogens is 1. The molecule has 1 fully saturated rings. The van der Waals surface area contributed by atoms with E-state index in [1.54, 1.807) is 18.2 Å². The summed E-state index contributed by atoms with van der Waals surface area (Å²) in [6.07, 6.45) is 3.18. The first-order valence-electron chi connectivity index (χ1n) is 7.03. The minimum absolute atomic E-state index is 0.112. The van der Waals surface area contributed by atoms with Gasteiger partial charge in [0.05, 0.1) is 12.7 Å². The van der Waals surface area contributed by atoms with E-state index >= 15 is 0 Å². The van der Waals surface area contributed by atoms with Crippen molar-refractivity contribution >= 4 is 17.5 Å². The standard InChI is InChI=1S/C15H21ClN2O2/c1-3-12(13-5-4-8-17-13)18-15(19)11-7-6-10(16)9-14(11)20-2/h6-7,9,12-13,17H,3-5,8H2,1-2H3,(H,18,19). The van der Waals surface area contributed by atoms with Crippen LogP contribution >= 0.6 is 11.6 Å². The quantitative estimate of drug-likeness (QED) is 0.878. The highest BCUT2D eigenvalue weighted by Crippen LogP contribution is 2.23. The van der Waals surface area contributed by atoms with Crippen molar-refractivity contribution < 1.29 is 9.53 Å². The van der Waals surface area contributed by atoms with Crippen molar-refractivity contribution in [3.63, 3.8) is 0 Å². The molecule has 5 heteroatoms. The first kappa shape index (κ1) is 15.1. The van der Waals surface area contributed by atoms with Crippen LogP contribution in [0.4, 0.5) is 0 Å². The number of ether oxygens (including phenoxy) is 1. The van der Waals surface area contributed by atoms with Gasteiger partial charge in [-0.1, -0.05) is 18.5 Å². The Labute approximate surface area is 124 Å². The maximum Gasteiger partial charge on any atom is 0.255 e. The lowest BCUT2D eigenvalue weighted by Gasteiger charge is -2.24. The normalized spacial score (nSPS) is 19.6. The van der Waals surface area contributed by atoms with E-state index in [4.69, 9.17) is 16.3 Å². The van der Waals surface area contributed by atoms with Crippen LogP contribution < -0.4 is 15.4 Å². The zero-order valence-electron chi connectivity index (χ0n) is 11.9. The van der Waals surface area contributed by atoms with E-state index in [-0.39, 0.29) is 11.9 Å². The molecule has 1 aliphatic rings. The predicted molar refractivity (Wildman–Crippen MR) is 80.6 cm³/mol. The molecule has 2 rings (SSSR count). The number of hydrogen-bond acceptors (Lipinski definition) is 3. The molecule has 0 aromatic heterocycles. The Kier molecular flexibility index (Phi) is 5.26. The molecular formula is C15H21ClN2O2. The molecule has 2 unspecified atom stereocenters. The van der Waals surface area contributed by atoms with E-state index in [0.29, 0.717) is 22.4 Å². The number of nitrogens with one attached hydrogen (secondary N) is 2. The summed E-state index contributed by atoms with van der Waals surface area (Å²) in [5.74, 6) is 0.392. The molecule has 1 aromatic rings. The molecule has 1 amide bonds. The van der Waals surface area contributed by atoms with Gasteiger partial charge in [0.1, 0.15) is 5.75 Å². The highest BCUT2D eigenvalue weighted by Gasteiger charge is 2.25. The Hall–Kier alpha value is -1.26. The number of methoxy groups -OCH3 is 1. The number of amides is 1. The molecule has 0 spiro atoms. The highest BCUT2D eigenvalue weighted by atomic mass is 35.5. The molecule has 1 aromatic carbocycles. The first-order chi connectivity index (χ1) is 9.65. The third-order valence-electron chi connectivity index (χ3n) is 3.75. The minimum atomic E-state index is -0.112. The van der Waals surface area contributed by atoms with Gasteiger partial charge in [-0.15, -0.1) is 0 Å². The second-order valence-electron chi connectivity index (χ2n) is 5.04. The second-order valence-corrected chi connectivity index (χ2v) is 5.47. The van der Waals surface area contributed by atoms with Crippen LogP contribution in [-0.2, 0) is 0 Å². The second kappa shape index (κ2) is 6.95. The number of rotatable bonds is 5. The van der Waals surface area contributed by atoms with Crippen LogP contribution in [0.3, 0.4) is 0 Å². The topological polar surface area (TPSA) is 50.4 Å². The monoisotopic (exact) mass is 296 g/mol. The van der Waals surface area contributed by atoms with E-state index in [1.807, 2.05) is 0 Å². The molecular weight excluding hydrogens is 276 g/mol. The fourth-order valence-corrected chi connectivity index (χ4v) is 2.80. The van der Waals surface area contributed by atoms with Gasteiger partial charge in [-0.25, -0.2) is 0 Å². The van der Waals surface area contributed by atoms with Crippen LogP contribution in [-0.4, -0.2) is 31.6 Å². The molecule has 0 aliphatic carbocycles. The molecule has 110 valence electrons. The number of carbonyl (C=O) groups is 1. The summed E-state index contributed by atoms with van der Waals surface area (Å²) in [4.78, 5) is 12.4. The molecule has 0 bridgehead atoms. The molecule has 0 radical (unpaired) electrons. The molecule has 20 heavy (non-hydrogen) atoms. The molecule has 0 saturated carbocycles. The van der Waals surface area contributed by atoms with Gasteiger partial charge in [0, 0.05) is 17.1 Å². The van der Waals surface area contributed by atoms with Gasteiger partial charge in [-0.3, -0.25) is 4.79 Å². The Bertz CT molecular complexity index is 473. The van der Waals surface area contributed by atoms with Crippen molar-refractivity contribution in [2.75, 3.05) is 13.7 Å². The van der Waals surface area contributed by atoms with Gasteiger partial charge in [0.25, 0.3) is 5.91 Å². The third-order valence-corrected chi connectivity index (χ3v) is 3.98. The molecule has 2 atom stereocenters. The molecule has 1 heterocycles. The fourth-order valence-electron chi connectivity index (χ4n) is 2.64. The minimum Gasteiger partial charge on any atom is -0.496 e. The molecule has 4 nitrogen and oxygen atoms in total. The van der Waals surface area contributed by atoms with Crippen molar-refractivity contribution in [3.8, 4) is 5.75 Å². The lowest BCUT2D eigenvalue weighted by Crippen LogP contribution is -2.47. The van der Waals surface area contributed by atoms with Gasteiger partial charge in [-0.05, 0) is 44.0 Å². The van der Waals surface area contributed by atoms with Crippen molar-refractivity contribution in [2.24, 2.45) is 0 Å². The maximum absolute atomic E-state index is 12.4. The Balaban J connectivity index is 2.10. The van der Waals surface area contributed by atoms with Crippen LogP contribution in [0.2, 0.25) is 5.02 Å². The zero-order chi connectivity index (χ0) is 14.5. The first-order valence-corrected chi connectivity index (χ1v) is 7.41. The van der Waals surface area contributed by atoms with E-state index in [1.165, 1.54) is 13.5 Å². The largest absolute Gasteiger partial charge is 0.496 e. The van der Waals surface area contributed by atoms with Crippen molar-refractivity contribution in [3.05, 3.63) is 28.8 Å². The van der Waals surface area contributed by atoms with Crippen LogP contribution in [0.25, 0.3) is 0 Å². The third kappa shape index (κ3) is 3.44. The lowest BCUT2D eigenvalue weighted by molar-refractivity contribution is 0.0924. The summed E-state index contributed by atoms with van der Waals surface area (Å²) in [5, 5.41) is 7.09. The van der Waals surface area contributed by atoms with Crippen molar-refractivity contribution in [2.45, 2.75) is 38.3 Å². The number of benzene rings is 1. The Morgan fingerprint density at radius 1 is 1.60 bits per heavy atom. The maximum atomic E-state index is 12.4. The fraction of sp³-hybridized carbons (Fsp3) is 0.533. The van der Waals surface area contributed by atoms with Gasteiger partial charge in [-0.2, -0.15) is 0 Å². The highest BCUT2D eigenvalue weighted by molar-refractivity contribution is 6.30. The van der Waals surface area contributed by atoms with E-state index < -0.39 is 0 Å². The lowest BCUT2D eigenvalue weighted by atomic mass is 10.0. The average Bonchev–Trinajstić information content (AvgIpc) is 2.98. The summed E-state index contributed by atoms with van der Waals surface area (Å²) in [7, 11) is 1.54. The summed E-state index contributed by atoms with van der Waals surface area (Å²) >= 11 is 5.92. The van der Waals surface area contributed by atoms with Gasteiger partial charge in [0.15, 0.2) is 0 Å². The average molecular weight is 297 g/mol. The summed E-state index contributed by atoms with van der Waals surface area (Å²) in [6, 6.07) is 5.57. The van der Waals surface area contributed by atoms with E-state index in [2.05, 4.69) is 17.6 Å². The van der Waals surface area contributed by atoms with Crippen LogP contribution in [0.15, 0.2) is 18.2 Å². The summed E-state index contributed by atoms with van der Waals surface area (Å²) < 4.78 is 5.23. The summed E-state index contributed by atoms with van der Waals surface area (Å²) in [6.45, 7) is 3.12. The Morgan fingerprint density at radius 3 is 3.00 bits per heavy atom. The summed E-state index contributed by atoms with van der Waals surface area (Å²) in [5.41, 5.74) is 0.522. The number of hydrogen-bond donors (Lipinski definition) is 2. The zero-order valence-corrected chi connectivity index (χ0v) is 12.7. The van der Waals surface area contributed by atoms with Crippen molar-refractivity contribution in [1.82, 2.24) is 10.6 Å². The van der Waals surface area contributed by atoms with E-state index in [0.717, 1.165) is 19.4 Å². The molecule has 1 saturated heterocycles. The van der Waals surface area contributed by atoms with Gasteiger partial charge >= 0.3 is 0 Å². The van der Waals surface area contributed by atoms with Crippen molar-refractivity contribution in [1.29, 1.82) is 0 Å². The van der Waals surface area contributed by atoms with Crippen LogP contribution in [0.1, 0.15) is 36.5 Å². The molecule has 1 aliphatic heterocycles. The molecule has 2 N–H and O–H groups in total. The predicted octanol–water partition coefficient (Wildman–Crippen LogP) is 2.61. The van der Waals surface area contributed by atoms with Crippen LogP contribution in [0.5, 0.6) is 5.75 Å². The smallest absolute Gasteiger partial charge is 0.255 e. The van der Waals surface area contributed by atoms with E-state index in [9.17, 15) is 4.79 Å². The van der Waals surface area contributed by atoms with Gasteiger partial charge < -0.3 is 15.4 Å². The number of carbonyl (C=O) groups excluding carboxylic acids is 1.